The highest BCUT2D eigenvalue weighted by molar-refractivity contribution is 5.73. The van der Waals surface area contributed by atoms with Crippen molar-refractivity contribution < 1.29 is 9.53 Å². The third kappa shape index (κ3) is 3.64. The zero-order valence-electron chi connectivity index (χ0n) is 16.5. The Morgan fingerprint density at radius 3 is 2.71 bits per heavy atom. The van der Waals surface area contributed by atoms with Gasteiger partial charge in [-0.2, -0.15) is 0 Å². The quantitative estimate of drug-likeness (QED) is 0.750. The number of hydrogen-bond donors (Lipinski definition) is 1. The van der Waals surface area contributed by atoms with Crippen LogP contribution in [0.5, 0.6) is 0 Å². The lowest BCUT2D eigenvalue weighted by Gasteiger charge is -2.37. The van der Waals surface area contributed by atoms with E-state index in [0.717, 1.165) is 23.4 Å². The molecule has 1 aromatic carbocycles. The lowest BCUT2D eigenvalue weighted by molar-refractivity contribution is -0.123. The van der Waals surface area contributed by atoms with E-state index in [1.807, 2.05) is 34.9 Å². The highest BCUT2D eigenvalue weighted by atomic mass is 16.5. The van der Waals surface area contributed by atoms with Crippen molar-refractivity contribution in [1.29, 1.82) is 0 Å². The SMILES string of the molecule is CC(=O)N[C@H]1C[C@@H](c2c(-c3ccccc3)nc3ncccn23)O[C@@H](C(C)C)C1. The molecular weight excluding hydrogens is 352 g/mol. The van der Waals surface area contributed by atoms with E-state index in [1.54, 1.807) is 13.1 Å². The molecule has 1 N–H and O–H groups in total. The topological polar surface area (TPSA) is 68.5 Å². The summed E-state index contributed by atoms with van der Waals surface area (Å²) in [5.74, 6) is 1.01. The number of amides is 1. The van der Waals surface area contributed by atoms with E-state index in [2.05, 4.69) is 36.3 Å². The predicted molar refractivity (Wildman–Crippen MR) is 108 cm³/mol. The van der Waals surface area contributed by atoms with Gasteiger partial charge in [0.1, 0.15) is 6.10 Å². The summed E-state index contributed by atoms with van der Waals surface area (Å²) in [6, 6.07) is 12.1. The molecule has 1 amide bonds. The summed E-state index contributed by atoms with van der Waals surface area (Å²) in [6.45, 7) is 5.89. The summed E-state index contributed by atoms with van der Waals surface area (Å²) in [4.78, 5) is 20.9. The molecule has 6 nitrogen and oxygen atoms in total. The van der Waals surface area contributed by atoms with E-state index in [1.165, 1.54) is 0 Å². The van der Waals surface area contributed by atoms with Crippen molar-refractivity contribution >= 4 is 11.7 Å². The number of imidazole rings is 1. The van der Waals surface area contributed by atoms with Crippen molar-refractivity contribution in [1.82, 2.24) is 19.7 Å². The number of ether oxygens (including phenoxy) is 1. The number of rotatable bonds is 4. The lowest BCUT2D eigenvalue weighted by Crippen LogP contribution is -2.44. The zero-order chi connectivity index (χ0) is 19.7. The standard InChI is InChI=1S/C22H26N4O2/c1-14(2)18-12-17(24-15(3)27)13-19(28-18)21-20(16-8-5-4-6-9-16)25-22-23-10-7-11-26(21)22/h4-11,14,17-19H,12-13H2,1-3H3,(H,24,27)/t17-,18-,19+/m1/s1. The van der Waals surface area contributed by atoms with Gasteiger partial charge in [0.05, 0.1) is 17.5 Å². The van der Waals surface area contributed by atoms with E-state index in [9.17, 15) is 4.79 Å². The van der Waals surface area contributed by atoms with Crippen molar-refractivity contribution in [3.05, 3.63) is 54.5 Å². The van der Waals surface area contributed by atoms with Gasteiger partial charge >= 0.3 is 0 Å². The third-order valence-electron chi connectivity index (χ3n) is 5.30. The van der Waals surface area contributed by atoms with Gasteiger partial charge in [-0.25, -0.2) is 9.97 Å². The number of hydrogen-bond acceptors (Lipinski definition) is 4. The van der Waals surface area contributed by atoms with Crippen LogP contribution in [0.25, 0.3) is 17.0 Å². The maximum absolute atomic E-state index is 11.7. The van der Waals surface area contributed by atoms with Gasteiger partial charge in [0.2, 0.25) is 11.7 Å². The second kappa shape index (κ2) is 7.72. The molecule has 0 spiro atoms. The van der Waals surface area contributed by atoms with Gasteiger partial charge in [0.15, 0.2) is 0 Å². The molecule has 0 bridgehead atoms. The molecular formula is C22H26N4O2. The fourth-order valence-corrected chi connectivity index (χ4v) is 3.99. The molecule has 28 heavy (non-hydrogen) atoms. The molecule has 146 valence electrons. The highest BCUT2D eigenvalue weighted by Crippen LogP contribution is 2.38. The first-order valence-electron chi connectivity index (χ1n) is 9.84. The van der Waals surface area contributed by atoms with Crippen LogP contribution in [-0.4, -0.2) is 32.4 Å². The molecule has 0 saturated carbocycles. The number of benzene rings is 1. The summed E-state index contributed by atoms with van der Waals surface area (Å²) in [7, 11) is 0. The lowest BCUT2D eigenvalue weighted by atomic mass is 9.90. The number of carbonyl (C=O) groups excluding carboxylic acids is 1. The smallest absolute Gasteiger partial charge is 0.234 e. The van der Waals surface area contributed by atoms with Gasteiger partial charge in [-0.3, -0.25) is 9.20 Å². The average molecular weight is 378 g/mol. The molecule has 0 radical (unpaired) electrons. The fourth-order valence-electron chi connectivity index (χ4n) is 3.99. The molecule has 3 heterocycles. The van der Waals surface area contributed by atoms with Crippen LogP contribution in [0.2, 0.25) is 0 Å². The largest absolute Gasteiger partial charge is 0.368 e. The van der Waals surface area contributed by atoms with Gasteiger partial charge in [-0.15, -0.1) is 0 Å². The van der Waals surface area contributed by atoms with E-state index in [0.29, 0.717) is 18.1 Å². The van der Waals surface area contributed by atoms with E-state index in [4.69, 9.17) is 9.72 Å². The van der Waals surface area contributed by atoms with Crippen LogP contribution in [0, 0.1) is 5.92 Å². The van der Waals surface area contributed by atoms with Crippen LogP contribution in [0.1, 0.15) is 45.4 Å². The van der Waals surface area contributed by atoms with Crippen molar-refractivity contribution in [3.8, 4) is 11.3 Å². The second-order valence-corrected chi connectivity index (χ2v) is 7.78. The molecule has 3 atom stereocenters. The number of carbonyl (C=O) groups is 1. The van der Waals surface area contributed by atoms with Crippen molar-refractivity contribution in [2.45, 2.75) is 51.9 Å². The van der Waals surface area contributed by atoms with Gasteiger partial charge in [-0.05, 0) is 24.8 Å². The van der Waals surface area contributed by atoms with Crippen LogP contribution >= 0.6 is 0 Å². The van der Waals surface area contributed by atoms with Gasteiger partial charge in [0.25, 0.3) is 0 Å². The highest BCUT2D eigenvalue weighted by Gasteiger charge is 2.35. The first-order valence-corrected chi connectivity index (χ1v) is 9.84. The molecule has 0 aliphatic carbocycles. The normalized spacial score (nSPS) is 22.5. The summed E-state index contributed by atoms with van der Waals surface area (Å²) in [5.41, 5.74) is 2.92. The van der Waals surface area contributed by atoms with Crippen molar-refractivity contribution in [2.24, 2.45) is 5.92 Å². The number of fused-ring (bicyclic) bond motifs is 1. The van der Waals surface area contributed by atoms with Crippen LogP contribution in [-0.2, 0) is 9.53 Å². The van der Waals surface area contributed by atoms with E-state index in [-0.39, 0.29) is 24.2 Å². The van der Waals surface area contributed by atoms with E-state index < -0.39 is 0 Å². The van der Waals surface area contributed by atoms with Crippen LogP contribution in [0.3, 0.4) is 0 Å². The molecule has 6 heteroatoms. The zero-order valence-corrected chi connectivity index (χ0v) is 16.5. The van der Waals surface area contributed by atoms with Gasteiger partial charge in [0, 0.05) is 30.9 Å². The Kier molecular flexibility index (Phi) is 5.13. The molecule has 0 unspecified atom stereocenters. The van der Waals surface area contributed by atoms with Crippen molar-refractivity contribution in [3.63, 3.8) is 0 Å². The Morgan fingerprint density at radius 2 is 2.00 bits per heavy atom. The average Bonchev–Trinajstić information content (AvgIpc) is 3.07. The Hall–Kier alpha value is -2.73. The van der Waals surface area contributed by atoms with Crippen LogP contribution in [0.4, 0.5) is 0 Å². The Bertz CT molecular complexity index is 967. The number of aromatic nitrogens is 3. The minimum Gasteiger partial charge on any atom is -0.368 e. The van der Waals surface area contributed by atoms with Gasteiger partial charge < -0.3 is 10.1 Å². The molecule has 4 rings (SSSR count). The molecule has 1 fully saturated rings. The molecule has 1 saturated heterocycles. The molecule has 1 aliphatic rings. The van der Waals surface area contributed by atoms with Crippen LogP contribution < -0.4 is 5.32 Å². The Labute approximate surface area is 165 Å². The minimum atomic E-state index is -0.174. The Morgan fingerprint density at radius 1 is 1.21 bits per heavy atom. The predicted octanol–water partition coefficient (Wildman–Crippen LogP) is 3.78. The second-order valence-electron chi connectivity index (χ2n) is 7.78. The summed E-state index contributed by atoms with van der Waals surface area (Å²) >= 11 is 0. The van der Waals surface area contributed by atoms with E-state index >= 15 is 0 Å². The summed E-state index contributed by atoms with van der Waals surface area (Å²) in [5, 5.41) is 3.10. The van der Waals surface area contributed by atoms with Gasteiger partial charge in [-0.1, -0.05) is 44.2 Å². The summed E-state index contributed by atoms with van der Waals surface area (Å²) < 4.78 is 8.55. The molecule has 2 aromatic heterocycles. The number of nitrogens with one attached hydrogen (secondary N) is 1. The first kappa shape index (κ1) is 18.6. The molecule has 3 aromatic rings. The maximum Gasteiger partial charge on any atom is 0.234 e. The molecule has 1 aliphatic heterocycles. The maximum atomic E-state index is 11.7. The van der Waals surface area contributed by atoms with Crippen LogP contribution in [0.15, 0.2) is 48.8 Å². The monoisotopic (exact) mass is 378 g/mol. The first-order chi connectivity index (χ1) is 13.5. The minimum absolute atomic E-state index is 0.00347. The number of nitrogens with zero attached hydrogens (tertiary/aromatic N) is 3. The third-order valence-corrected chi connectivity index (χ3v) is 5.30. The summed E-state index contributed by atoms with van der Waals surface area (Å²) in [6.07, 6.45) is 5.16. The Balaban J connectivity index is 1.81. The fraction of sp³-hybridized carbons (Fsp3) is 0.409. The van der Waals surface area contributed by atoms with Crippen molar-refractivity contribution in [2.75, 3.05) is 0 Å².